The van der Waals surface area contributed by atoms with Crippen LogP contribution in [0.1, 0.15) is 0 Å². The molecule has 3 aromatic rings. The summed E-state index contributed by atoms with van der Waals surface area (Å²) < 4.78 is 5.58. The van der Waals surface area contributed by atoms with Gasteiger partial charge in [0, 0.05) is 23.0 Å². The number of nitrogens with zero attached hydrogens (tertiary/aromatic N) is 3. The number of hydrogen-bond donors (Lipinski definition) is 2. The van der Waals surface area contributed by atoms with Crippen molar-refractivity contribution in [2.75, 3.05) is 18.5 Å². The van der Waals surface area contributed by atoms with Crippen LogP contribution in [0.5, 0.6) is 5.75 Å². The van der Waals surface area contributed by atoms with Crippen LogP contribution in [0.2, 0.25) is 5.02 Å². The van der Waals surface area contributed by atoms with Gasteiger partial charge in [0.1, 0.15) is 12.4 Å². The topological polar surface area (TPSA) is 75.7 Å². The number of hydrogen-bond acceptors (Lipinski definition) is 5. The first kappa shape index (κ1) is 14.3. The normalized spacial score (nSPS) is 10.4. The van der Waals surface area contributed by atoms with Crippen LogP contribution in [0.15, 0.2) is 48.8 Å². The van der Waals surface area contributed by atoms with Crippen LogP contribution >= 0.6 is 11.6 Å². The fourth-order valence-electron chi connectivity index (χ4n) is 1.84. The van der Waals surface area contributed by atoms with Gasteiger partial charge in [-0.25, -0.2) is 0 Å². The highest BCUT2D eigenvalue weighted by Crippen LogP contribution is 2.16. The van der Waals surface area contributed by atoms with Crippen LogP contribution in [0.25, 0.3) is 11.4 Å². The Balaban J connectivity index is 1.48. The Morgan fingerprint density at radius 3 is 2.64 bits per heavy atom. The van der Waals surface area contributed by atoms with E-state index in [9.17, 15) is 0 Å². The fraction of sp³-hybridized carbons (Fsp3) is 0.133. The molecule has 2 aromatic heterocycles. The third-order valence-electron chi connectivity index (χ3n) is 2.91. The van der Waals surface area contributed by atoms with E-state index >= 15 is 0 Å². The highest BCUT2D eigenvalue weighted by atomic mass is 35.5. The number of anilines is 1. The highest BCUT2D eigenvalue weighted by Gasteiger charge is 2.04. The Kier molecular flexibility index (Phi) is 4.50. The van der Waals surface area contributed by atoms with Crippen molar-refractivity contribution in [1.29, 1.82) is 0 Å². The molecule has 3 rings (SSSR count). The molecule has 0 amide bonds. The molecule has 0 aliphatic heterocycles. The number of aromatic nitrogens is 4. The van der Waals surface area contributed by atoms with Crippen molar-refractivity contribution < 1.29 is 4.74 Å². The average molecular weight is 316 g/mol. The standard InChI is InChI=1S/C15H14ClN5O/c16-12-1-3-13(4-2-12)22-10-9-18-15-19-14(20-21-15)11-5-7-17-8-6-11/h1-8H,9-10H2,(H2,18,19,20,21). The van der Waals surface area contributed by atoms with Crippen molar-refractivity contribution in [1.82, 2.24) is 20.2 Å². The maximum Gasteiger partial charge on any atom is 0.242 e. The molecule has 0 unspecified atom stereocenters. The van der Waals surface area contributed by atoms with Crippen molar-refractivity contribution in [3.05, 3.63) is 53.8 Å². The Labute approximate surface area is 132 Å². The summed E-state index contributed by atoms with van der Waals surface area (Å²) in [6.45, 7) is 1.09. The molecule has 0 saturated heterocycles. The summed E-state index contributed by atoms with van der Waals surface area (Å²) in [7, 11) is 0. The predicted octanol–water partition coefficient (Wildman–Crippen LogP) is 3.01. The average Bonchev–Trinajstić information content (AvgIpc) is 3.03. The number of benzene rings is 1. The third kappa shape index (κ3) is 3.73. The zero-order valence-electron chi connectivity index (χ0n) is 11.7. The summed E-state index contributed by atoms with van der Waals surface area (Å²) in [6, 6.07) is 11.0. The number of nitrogens with one attached hydrogen (secondary N) is 2. The lowest BCUT2D eigenvalue weighted by molar-refractivity contribution is 0.332. The Morgan fingerprint density at radius 2 is 1.86 bits per heavy atom. The molecular formula is C15H14ClN5O. The van der Waals surface area contributed by atoms with E-state index in [4.69, 9.17) is 16.3 Å². The lowest BCUT2D eigenvalue weighted by Crippen LogP contribution is -2.12. The van der Waals surface area contributed by atoms with Gasteiger partial charge in [0.25, 0.3) is 0 Å². The van der Waals surface area contributed by atoms with Gasteiger partial charge in [0.15, 0.2) is 5.82 Å². The van der Waals surface area contributed by atoms with Crippen molar-refractivity contribution in [3.8, 4) is 17.1 Å². The molecule has 0 saturated carbocycles. The summed E-state index contributed by atoms with van der Waals surface area (Å²) >= 11 is 5.81. The quantitative estimate of drug-likeness (QED) is 0.684. The molecule has 22 heavy (non-hydrogen) atoms. The number of ether oxygens (including phenoxy) is 1. The lowest BCUT2D eigenvalue weighted by Gasteiger charge is -2.06. The fourth-order valence-corrected chi connectivity index (χ4v) is 1.97. The van der Waals surface area contributed by atoms with Crippen LogP contribution in [0.3, 0.4) is 0 Å². The molecule has 6 nitrogen and oxygen atoms in total. The summed E-state index contributed by atoms with van der Waals surface area (Å²) in [4.78, 5) is 8.33. The van der Waals surface area contributed by atoms with E-state index < -0.39 is 0 Å². The molecule has 7 heteroatoms. The van der Waals surface area contributed by atoms with Gasteiger partial charge >= 0.3 is 0 Å². The van der Waals surface area contributed by atoms with Crippen LogP contribution in [0, 0.1) is 0 Å². The van der Waals surface area contributed by atoms with Gasteiger partial charge in [-0.1, -0.05) is 11.6 Å². The van der Waals surface area contributed by atoms with E-state index in [1.165, 1.54) is 0 Å². The van der Waals surface area contributed by atoms with Crippen LogP contribution in [-0.2, 0) is 0 Å². The molecule has 0 fully saturated rings. The minimum atomic E-state index is 0.501. The number of pyridine rings is 1. The Hall–Kier alpha value is -2.60. The van der Waals surface area contributed by atoms with Crippen molar-refractivity contribution >= 4 is 17.5 Å². The highest BCUT2D eigenvalue weighted by molar-refractivity contribution is 6.30. The minimum absolute atomic E-state index is 0.501. The predicted molar refractivity (Wildman–Crippen MR) is 85.1 cm³/mol. The third-order valence-corrected chi connectivity index (χ3v) is 3.16. The van der Waals surface area contributed by atoms with Crippen LogP contribution < -0.4 is 10.1 Å². The SMILES string of the molecule is Clc1ccc(OCCNc2n[nH]c(-c3ccncc3)n2)cc1. The second kappa shape index (κ2) is 6.91. The lowest BCUT2D eigenvalue weighted by atomic mass is 10.3. The molecule has 2 N–H and O–H groups in total. The molecule has 0 spiro atoms. The van der Waals surface area contributed by atoms with Crippen molar-refractivity contribution in [2.24, 2.45) is 0 Å². The zero-order chi connectivity index (χ0) is 15.2. The number of halogens is 1. The van der Waals surface area contributed by atoms with E-state index in [0.717, 1.165) is 11.3 Å². The summed E-state index contributed by atoms with van der Waals surface area (Å²) in [5.74, 6) is 2.01. The van der Waals surface area contributed by atoms with Gasteiger partial charge in [-0.15, -0.1) is 5.10 Å². The largest absolute Gasteiger partial charge is 0.492 e. The molecule has 0 bridgehead atoms. The molecule has 1 aromatic carbocycles. The molecule has 0 aliphatic rings. The summed E-state index contributed by atoms with van der Waals surface area (Å²) in [6.07, 6.45) is 3.43. The van der Waals surface area contributed by atoms with Gasteiger partial charge in [0.2, 0.25) is 5.95 Å². The first-order valence-corrected chi connectivity index (χ1v) is 7.14. The maximum atomic E-state index is 5.81. The van der Waals surface area contributed by atoms with Crippen molar-refractivity contribution in [3.63, 3.8) is 0 Å². The first-order valence-electron chi connectivity index (χ1n) is 6.76. The monoisotopic (exact) mass is 315 g/mol. The minimum Gasteiger partial charge on any atom is -0.492 e. The Bertz CT molecular complexity index is 714. The van der Waals surface area contributed by atoms with E-state index in [1.807, 2.05) is 24.3 Å². The molecule has 2 heterocycles. The maximum absolute atomic E-state index is 5.81. The first-order chi connectivity index (χ1) is 10.8. The second-order valence-corrected chi connectivity index (χ2v) is 4.91. The van der Waals surface area contributed by atoms with Crippen LogP contribution in [-0.4, -0.2) is 33.3 Å². The molecule has 0 atom stereocenters. The molecule has 0 radical (unpaired) electrons. The zero-order valence-corrected chi connectivity index (χ0v) is 12.4. The number of aromatic amines is 1. The van der Waals surface area contributed by atoms with E-state index in [1.54, 1.807) is 24.5 Å². The molecular weight excluding hydrogens is 302 g/mol. The van der Waals surface area contributed by atoms with Gasteiger partial charge < -0.3 is 10.1 Å². The van der Waals surface area contributed by atoms with Gasteiger partial charge in [0.05, 0.1) is 6.54 Å². The van der Waals surface area contributed by atoms with E-state index in [2.05, 4.69) is 25.5 Å². The molecule has 0 aliphatic carbocycles. The smallest absolute Gasteiger partial charge is 0.242 e. The number of rotatable bonds is 6. The van der Waals surface area contributed by atoms with Crippen LogP contribution in [0.4, 0.5) is 5.95 Å². The van der Waals surface area contributed by atoms with Gasteiger partial charge in [-0.3, -0.25) is 10.1 Å². The van der Waals surface area contributed by atoms with Gasteiger partial charge in [-0.2, -0.15) is 4.98 Å². The second-order valence-electron chi connectivity index (χ2n) is 4.47. The van der Waals surface area contributed by atoms with Gasteiger partial charge in [-0.05, 0) is 36.4 Å². The van der Waals surface area contributed by atoms with E-state index in [0.29, 0.717) is 29.9 Å². The molecule has 112 valence electrons. The Morgan fingerprint density at radius 1 is 1.09 bits per heavy atom. The van der Waals surface area contributed by atoms with Crippen molar-refractivity contribution in [2.45, 2.75) is 0 Å². The van der Waals surface area contributed by atoms with E-state index in [-0.39, 0.29) is 0 Å². The summed E-state index contributed by atoms with van der Waals surface area (Å²) in [5, 5.41) is 10.8. The summed E-state index contributed by atoms with van der Waals surface area (Å²) in [5.41, 5.74) is 0.938. The number of H-pyrrole nitrogens is 1.